The Kier molecular flexibility index (Phi) is 6.34. The number of rotatable bonds is 4. The van der Waals surface area contributed by atoms with Crippen molar-refractivity contribution in [3.05, 3.63) is 62.4 Å². The predicted octanol–water partition coefficient (Wildman–Crippen LogP) is 5.84. The number of amides is 1. The molecule has 1 aliphatic carbocycles. The molecular formula is C19H16Cl3F3N2O2. The Hall–Kier alpha value is -1.54. The third-order valence-corrected chi connectivity index (χ3v) is 6.20. The first-order valence-electron chi connectivity index (χ1n) is 8.73. The number of nitrogens with zero attached hydrogens (tertiary/aromatic N) is 1. The first-order chi connectivity index (χ1) is 13.5. The summed E-state index contributed by atoms with van der Waals surface area (Å²) in [5.74, 6) is -0.956. The molecule has 0 saturated heterocycles. The highest BCUT2D eigenvalue weighted by Crippen LogP contribution is 2.43. The number of carbonyl (C=O) groups excluding carboxylic acids is 1. The molecule has 0 bridgehead atoms. The minimum atomic E-state index is -4.74. The summed E-state index contributed by atoms with van der Waals surface area (Å²) in [5, 5.41) is 13.2. The van der Waals surface area contributed by atoms with E-state index in [4.69, 9.17) is 34.8 Å². The molecule has 1 fully saturated rings. The van der Waals surface area contributed by atoms with Crippen LogP contribution in [0.3, 0.4) is 0 Å². The van der Waals surface area contributed by atoms with Crippen molar-refractivity contribution in [2.24, 2.45) is 0 Å². The molecule has 0 radical (unpaired) electrons. The molecule has 0 aliphatic heterocycles. The van der Waals surface area contributed by atoms with Gasteiger partial charge in [-0.25, -0.2) is 4.98 Å². The summed E-state index contributed by atoms with van der Waals surface area (Å²) in [5.41, 5.74) is -2.74. The van der Waals surface area contributed by atoms with E-state index in [0.29, 0.717) is 24.5 Å². The minimum absolute atomic E-state index is 0.142. The van der Waals surface area contributed by atoms with Gasteiger partial charge in [-0.3, -0.25) is 4.79 Å². The predicted molar refractivity (Wildman–Crippen MR) is 104 cm³/mol. The highest BCUT2D eigenvalue weighted by atomic mass is 35.5. The molecule has 10 heteroatoms. The van der Waals surface area contributed by atoms with Crippen molar-refractivity contribution in [1.82, 2.24) is 10.3 Å². The van der Waals surface area contributed by atoms with Crippen LogP contribution in [0.25, 0.3) is 0 Å². The molecule has 0 spiro atoms. The zero-order valence-corrected chi connectivity index (χ0v) is 17.1. The molecule has 2 aromatic rings. The van der Waals surface area contributed by atoms with Crippen molar-refractivity contribution >= 4 is 40.7 Å². The highest BCUT2D eigenvalue weighted by Gasteiger charge is 2.43. The number of benzene rings is 1. The van der Waals surface area contributed by atoms with Crippen LogP contribution in [0.4, 0.5) is 13.2 Å². The summed E-state index contributed by atoms with van der Waals surface area (Å²) in [6.45, 7) is 0. The number of aromatic nitrogens is 1. The van der Waals surface area contributed by atoms with E-state index in [-0.39, 0.29) is 10.0 Å². The average Bonchev–Trinajstić information content (AvgIpc) is 3.09. The van der Waals surface area contributed by atoms with Gasteiger partial charge in [0.15, 0.2) is 0 Å². The number of hydrogen-bond donors (Lipinski definition) is 2. The topological polar surface area (TPSA) is 62.2 Å². The molecule has 2 N–H and O–H groups in total. The van der Waals surface area contributed by atoms with E-state index in [9.17, 15) is 23.1 Å². The molecule has 1 atom stereocenters. The van der Waals surface area contributed by atoms with Crippen molar-refractivity contribution in [2.75, 3.05) is 0 Å². The van der Waals surface area contributed by atoms with Gasteiger partial charge in [0.05, 0.1) is 32.3 Å². The van der Waals surface area contributed by atoms with Crippen LogP contribution in [0, 0.1) is 0 Å². The van der Waals surface area contributed by atoms with Gasteiger partial charge in [0.2, 0.25) is 0 Å². The third-order valence-electron chi connectivity index (χ3n) is 4.98. The fraction of sp³-hybridized carbons (Fsp3) is 0.368. The van der Waals surface area contributed by atoms with Crippen LogP contribution in [0.15, 0.2) is 30.5 Å². The van der Waals surface area contributed by atoms with E-state index in [2.05, 4.69) is 10.3 Å². The van der Waals surface area contributed by atoms with E-state index in [0.717, 1.165) is 19.0 Å². The van der Waals surface area contributed by atoms with E-state index < -0.39 is 40.0 Å². The summed E-state index contributed by atoms with van der Waals surface area (Å²) in [4.78, 5) is 16.5. The van der Waals surface area contributed by atoms with E-state index in [1.54, 1.807) is 18.2 Å². The van der Waals surface area contributed by atoms with Crippen LogP contribution in [0.1, 0.15) is 53.3 Å². The number of aliphatic hydroxyl groups is 1. The lowest BCUT2D eigenvalue weighted by Crippen LogP contribution is -2.45. The molecule has 1 aromatic heterocycles. The van der Waals surface area contributed by atoms with Gasteiger partial charge in [0.1, 0.15) is 5.69 Å². The fourth-order valence-electron chi connectivity index (χ4n) is 3.54. The molecule has 4 nitrogen and oxygen atoms in total. The van der Waals surface area contributed by atoms with Gasteiger partial charge in [-0.15, -0.1) is 0 Å². The number of alkyl halides is 3. The minimum Gasteiger partial charge on any atom is -0.387 e. The maximum atomic E-state index is 13.1. The monoisotopic (exact) mass is 466 g/mol. The zero-order chi connectivity index (χ0) is 21.4. The zero-order valence-electron chi connectivity index (χ0n) is 14.9. The van der Waals surface area contributed by atoms with Gasteiger partial charge in [0, 0.05) is 6.20 Å². The molecule has 29 heavy (non-hydrogen) atoms. The summed E-state index contributed by atoms with van der Waals surface area (Å²) >= 11 is 18.2. The first-order valence-corrected chi connectivity index (χ1v) is 9.87. The molecule has 1 saturated carbocycles. The lowest BCUT2D eigenvalue weighted by molar-refractivity contribution is -0.137. The second-order valence-corrected chi connectivity index (χ2v) is 8.04. The van der Waals surface area contributed by atoms with Gasteiger partial charge < -0.3 is 10.4 Å². The molecule has 1 unspecified atom stereocenters. The summed E-state index contributed by atoms with van der Waals surface area (Å²) in [6.07, 6.45) is -1.67. The fourth-order valence-corrected chi connectivity index (χ4v) is 4.26. The van der Waals surface area contributed by atoms with Crippen LogP contribution < -0.4 is 5.32 Å². The highest BCUT2D eigenvalue weighted by molar-refractivity contribution is 6.42. The number of pyridine rings is 1. The van der Waals surface area contributed by atoms with Crippen LogP contribution in [-0.2, 0) is 6.18 Å². The summed E-state index contributed by atoms with van der Waals surface area (Å²) < 4.78 is 39.3. The van der Waals surface area contributed by atoms with Crippen LogP contribution >= 0.6 is 34.8 Å². The second kappa shape index (κ2) is 8.30. The second-order valence-electron chi connectivity index (χ2n) is 6.88. The molecule has 1 amide bonds. The quantitative estimate of drug-likeness (QED) is 0.594. The Morgan fingerprint density at radius 3 is 2.41 bits per heavy atom. The van der Waals surface area contributed by atoms with Crippen molar-refractivity contribution in [1.29, 1.82) is 0 Å². The number of carbonyl (C=O) groups is 1. The molecular weight excluding hydrogens is 452 g/mol. The standard InChI is InChI=1S/C19H16Cl3F3N2O2/c20-12-5-3-4-10(13(12)21)16(18(29)7-1-2-8-18)27-17(28)15-14(22)11(6-9-26-15)19(23,24)25/h3-6,9,16,29H,1-2,7-8H2,(H,27,28). The maximum Gasteiger partial charge on any atom is 0.417 e. The van der Waals surface area contributed by atoms with Gasteiger partial charge in [-0.2, -0.15) is 13.2 Å². The summed E-state index contributed by atoms with van der Waals surface area (Å²) in [6, 6.07) is 4.44. The van der Waals surface area contributed by atoms with E-state index >= 15 is 0 Å². The van der Waals surface area contributed by atoms with Gasteiger partial charge in [0.25, 0.3) is 5.91 Å². The Balaban J connectivity index is 2.01. The Labute approximate surface area is 180 Å². The van der Waals surface area contributed by atoms with Crippen molar-refractivity contribution < 1.29 is 23.1 Å². The molecule has 1 heterocycles. The van der Waals surface area contributed by atoms with Gasteiger partial charge >= 0.3 is 6.18 Å². The lowest BCUT2D eigenvalue weighted by Gasteiger charge is -2.34. The lowest BCUT2D eigenvalue weighted by atomic mass is 9.86. The first kappa shape index (κ1) is 22.2. The molecule has 3 rings (SSSR count). The molecule has 1 aromatic carbocycles. The SMILES string of the molecule is O=C(NC(c1cccc(Cl)c1Cl)C1(O)CCCC1)c1nccc(C(F)(F)F)c1Cl. The van der Waals surface area contributed by atoms with Crippen LogP contribution in [0.5, 0.6) is 0 Å². The summed E-state index contributed by atoms with van der Waals surface area (Å²) in [7, 11) is 0. The maximum absolute atomic E-state index is 13.1. The average molecular weight is 468 g/mol. The van der Waals surface area contributed by atoms with Gasteiger partial charge in [-0.05, 0) is 30.5 Å². The van der Waals surface area contributed by atoms with Crippen molar-refractivity contribution in [3.63, 3.8) is 0 Å². The normalized spacial score (nSPS) is 17.2. The van der Waals surface area contributed by atoms with Crippen LogP contribution in [0.2, 0.25) is 15.1 Å². The van der Waals surface area contributed by atoms with Gasteiger partial charge in [-0.1, -0.05) is 59.8 Å². The smallest absolute Gasteiger partial charge is 0.387 e. The Bertz CT molecular complexity index is 931. The van der Waals surface area contributed by atoms with E-state index in [1.165, 1.54) is 0 Å². The van der Waals surface area contributed by atoms with Crippen LogP contribution in [-0.4, -0.2) is 21.6 Å². The number of hydrogen-bond acceptors (Lipinski definition) is 3. The molecule has 1 aliphatic rings. The van der Waals surface area contributed by atoms with Crippen molar-refractivity contribution in [3.8, 4) is 0 Å². The number of halogens is 6. The van der Waals surface area contributed by atoms with E-state index in [1.807, 2.05) is 0 Å². The van der Waals surface area contributed by atoms with Crippen molar-refractivity contribution in [2.45, 2.75) is 43.5 Å². The Morgan fingerprint density at radius 1 is 1.14 bits per heavy atom. The Morgan fingerprint density at radius 2 is 1.79 bits per heavy atom. The molecule has 156 valence electrons. The largest absolute Gasteiger partial charge is 0.417 e. The number of nitrogens with one attached hydrogen (secondary N) is 1. The third kappa shape index (κ3) is 4.48.